The van der Waals surface area contributed by atoms with Gasteiger partial charge in [0, 0.05) is 18.0 Å². The number of fused-ring (bicyclic) bond motifs is 1. The molecule has 1 heterocycles. The predicted octanol–water partition coefficient (Wildman–Crippen LogP) is 2.76. The van der Waals surface area contributed by atoms with Crippen molar-refractivity contribution >= 4 is 33.2 Å². The Kier molecular flexibility index (Phi) is 6.54. The predicted molar refractivity (Wildman–Crippen MR) is 112 cm³/mol. The largest absolute Gasteiger partial charge is 0.492 e. The summed E-state index contributed by atoms with van der Waals surface area (Å²) >= 11 is 6.02. The van der Waals surface area contributed by atoms with Crippen LogP contribution >= 0.6 is 11.6 Å². The lowest BCUT2D eigenvalue weighted by Crippen LogP contribution is -2.41. The number of sulfonamides is 1. The first kappa shape index (κ1) is 21.3. The van der Waals surface area contributed by atoms with Crippen LogP contribution in [0.1, 0.15) is 12.0 Å². The van der Waals surface area contributed by atoms with Crippen molar-refractivity contribution in [2.75, 3.05) is 30.3 Å². The fourth-order valence-electron chi connectivity index (χ4n) is 2.97. The Hall–Kier alpha value is -2.45. The topological polar surface area (TPSA) is 84.9 Å². The molecule has 0 saturated carbocycles. The van der Waals surface area contributed by atoms with Crippen LogP contribution in [0.4, 0.5) is 5.69 Å². The van der Waals surface area contributed by atoms with E-state index in [1.165, 1.54) is 10.4 Å². The average molecular weight is 439 g/mol. The minimum Gasteiger partial charge on any atom is -0.492 e. The maximum Gasteiger partial charge on any atom is 0.261 e. The molecule has 0 aromatic heterocycles. The van der Waals surface area contributed by atoms with Crippen LogP contribution in [0, 0.1) is 6.92 Å². The Morgan fingerprint density at radius 1 is 1.28 bits per heavy atom. The van der Waals surface area contributed by atoms with Crippen LogP contribution in [-0.2, 0) is 14.8 Å². The van der Waals surface area contributed by atoms with Crippen LogP contribution < -0.4 is 19.1 Å². The Balaban J connectivity index is 1.61. The molecule has 1 atom stereocenters. The van der Waals surface area contributed by atoms with Crippen molar-refractivity contribution in [2.45, 2.75) is 19.4 Å². The molecule has 0 spiro atoms. The van der Waals surface area contributed by atoms with Crippen LogP contribution in [0.15, 0.2) is 42.5 Å². The van der Waals surface area contributed by atoms with Crippen LogP contribution in [-0.4, -0.2) is 46.4 Å². The van der Waals surface area contributed by atoms with E-state index in [0.717, 1.165) is 17.6 Å². The van der Waals surface area contributed by atoms with Gasteiger partial charge >= 0.3 is 0 Å². The molecule has 0 fully saturated rings. The highest BCUT2D eigenvalue weighted by Gasteiger charge is 2.31. The molecule has 29 heavy (non-hydrogen) atoms. The van der Waals surface area contributed by atoms with Gasteiger partial charge in [0.05, 0.1) is 18.5 Å². The van der Waals surface area contributed by atoms with E-state index in [0.29, 0.717) is 29.6 Å². The highest BCUT2D eigenvalue weighted by atomic mass is 35.5. The number of nitrogens with one attached hydrogen (secondary N) is 1. The van der Waals surface area contributed by atoms with Gasteiger partial charge in [0.15, 0.2) is 6.10 Å². The maximum atomic E-state index is 12.6. The van der Waals surface area contributed by atoms with Crippen LogP contribution in [0.3, 0.4) is 0 Å². The third-order valence-electron chi connectivity index (χ3n) is 4.44. The van der Waals surface area contributed by atoms with Gasteiger partial charge in [0.25, 0.3) is 5.91 Å². The van der Waals surface area contributed by atoms with Crippen molar-refractivity contribution in [2.24, 2.45) is 0 Å². The van der Waals surface area contributed by atoms with Gasteiger partial charge in [0.1, 0.15) is 18.1 Å². The molecule has 3 rings (SSSR count). The van der Waals surface area contributed by atoms with Gasteiger partial charge in [-0.3, -0.25) is 9.10 Å². The minimum absolute atomic E-state index is 0.115. The molecule has 0 radical (unpaired) electrons. The molecule has 2 aromatic rings. The highest BCUT2D eigenvalue weighted by Crippen LogP contribution is 2.36. The summed E-state index contributed by atoms with van der Waals surface area (Å²) in [7, 11) is -3.54. The highest BCUT2D eigenvalue weighted by molar-refractivity contribution is 7.92. The van der Waals surface area contributed by atoms with Gasteiger partial charge in [-0.15, -0.1) is 0 Å². The Bertz CT molecular complexity index is 979. The standard InChI is InChI=1S/C20H23ClN2O5S/c1-14-3-6-16(7-4-14)27-12-10-22-20(24)19-9-11-23(29(2,25)26)17-13-15(21)5-8-18(17)28-19/h3-8,13,19H,9-12H2,1-2H3,(H,22,24)/t19-/m0/s1. The van der Waals surface area contributed by atoms with Crippen molar-refractivity contribution < 1.29 is 22.7 Å². The first-order chi connectivity index (χ1) is 13.7. The molecular formula is C20H23ClN2O5S. The monoisotopic (exact) mass is 438 g/mol. The number of carbonyl (C=O) groups is 1. The summed E-state index contributed by atoms with van der Waals surface area (Å²) in [6.45, 7) is 2.72. The lowest BCUT2D eigenvalue weighted by atomic mass is 10.2. The summed E-state index contributed by atoms with van der Waals surface area (Å²) in [4.78, 5) is 12.6. The van der Waals surface area contributed by atoms with E-state index in [4.69, 9.17) is 21.1 Å². The van der Waals surface area contributed by atoms with E-state index >= 15 is 0 Å². The van der Waals surface area contributed by atoms with E-state index in [1.54, 1.807) is 12.1 Å². The normalized spacial score (nSPS) is 16.4. The number of halogens is 1. The SMILES string of the molecule is Cc1ccc(OCCNC(=O)[C@@H]2CCN(S(C)(=O)=O)c3cc(Cl)ccc3O2)cc1. The number of nitrogens with zero attached hydrogens (tertiary/aromatic N) is 1. The zero-order chi connectivity index (χ0) is 21.0. The number of aryl methyl sites for hydroxylation is 1. The molecule has 1 N–H and O–H groups in total. The number of carbonyl (C=O) groups excluding carboxylic acids is 1. The first-order valence-corrected chi connectivity index (χ1v) is 11.4. The number of rotatable bonds is 6. The van der Waals surface area contributed by atoms with Crippen molar-refractivity contribution in [3.63, 3.8) is 0 Å². The Morgan fingerprint density at radius 3 is 2.69 bits per heavy atom. The molecule has 156 valence electrons. The third kappa shape index (κ3) is 5.55. The summed E-state index contributed by atoms with van der Waals surface area (Å²) in [5.41, 5.74) is 1.47. The van der Waals surface area contributed by atoms with Crippen molar-refractivity contribution in [3.05, 3.63) is 53.1 Å². The lowest BCUT2D eigenvalue weighted by Gasteiger charge is -2.21. The second-order valence-corrected chi connectivity index (χ2v) is 9.14. The zero-order valence-corrected chi connectivity index (χ0v) is 17.8. The molecule has 1 aliphatic heterocycles. The van der Waals surface area contributed by atoms with Crippen molar-refractivity contribution in [3.8, 4) is 11.5 Å². The molecule has 0 saturated heterocycles. The molecular weight excluding hydrogens is 416 g/mol. The van der Waals surface area contributed by atoms with Crippen LogP contribution in [0.5, 0.6) is 11.5 Å². The number of hydrogen-bond acceptors (Lipinski definition) is 5. The zero-order valence-electron chi connectivity index (χ0n) is 16.2. The van der Waals surface area contributed by atoms with Crippen LogP contribution in [0.2, 0.25) is 5.02 Å². The quantitative estimate of drug-likeness (QED) is 0.701. The Morgan fingerprint density at radius 2 is 2.00 bits per heavy atom. The fraction of sp³-hybridized carbons (Fsp3) is 0.350. The van der Waals surface area contributed by atoms with E-state index in [2.05, 4.69) is 5.32 Å². The number of benzene rings is 2. The van der Waals surface area contributed by atoms with E-state index < -0.39 is 16.1 Å². The number of anilines is 1. The number of ether oxygens (including phenoxy) is 2. The molecule has 0 unspecified atom stereocenters. The van der Waals surface area contributed by atoms with Gasteiger partial charge in [-0.25, -0.2) is 8.42 Å². The Labute approximate surface area is 175 Å². The molecule has 9 heteroatoms. The fourth-order valence-corrected chi connectivity index (χ4v) is 4.08. The van der Waals surface area contributed by atoms with Gasteiger partial charge in [-0.05, 0) is 37.3 Å². The van der Waals surface area contributed by atoms with E-state index in [9.17, 15) is 13.2 Å². The van der Waals surface area contributed by atoms with Gasteiger partial charge in [0.2, 0.25) is 10.0 Å². The second-order valence-electron chi connectivity index (χ2n) is 6.79. The molecule has 0 aliphatic carbocycles. The first-order valence-electron chi connectivity index (χ1n) is 9.15. The molecule has 2 aromatic carbocycles. The molecule has 0 bridgehead atoms. The van der Waals surface area contributed by atoms with Gasteiger partial charge in [-0.2, -0.15) is 0 Å². The number of hydrogen-bond donors (Lipinski definition) is 1. The average Bonchev–Trinajstić information content (AvgIpc) is 2.85. The third-order valence-corrected chi connectivity index (χ3v) is 5.85. The van der Waals surface area contributed by atoms with Crippen molar-refractivity contribution in [1.82, 2.24) is 5.32 Å². The second kappa shape index (κ2) is 8.92. The summed E-state index contributed by atoms with van der Waals surface area (Å²) in [5, 5.41) is 3.16. The molecule has 1 aliphatic rings. The summed E-state index contributed by atoms with van der Waals surface area (Å²) in [5.74, 6) is 0.701. The van der Waals surface area contributed by atoms with E-state index in [-0.39, 0.29) is 18.9 Å². The van der Waals surface area contributed by atoms with Gasteiger partial charge in [-0.1, -0.05) is 29.3 Å². The van der Waals surface area contributed by atoms with Crippen LogP contribution in [0.25, 0.3) is 0 Å². The van der Waals surface area contributed by atoms with Crippen molar-refractivity contribution in [1.29, 1.82) is 0 Å². The summed E-state index contributed by atoms with van der Waals surface area (Å²) in [6, 6.07) is 12.3. The lowest BCUT2D eigenvalue weighted by molar-refractivity contribution is -0.128. The number of amides is 1. The summed E-state index contributed by atoms with van der Waals surface area (Å²) < 4.78 is 37.0. The van der Waals surface area contributed by atoms with E-state index in [1.807, 2.05) is 31.2 Å². The molecule has 1 amide bonds. The maximum absolute atomic E-state index is 12.6. The van der Waals surface area contributed by atoms with Gasteiger partial charge < -0.3 is 14.8 Å². The smallest absolute Gasteiger partial charge is 0.261 e. The summed E-state index contributed by atoms with van der Waals surface area (Å²) in [6.07, 6.45) is 0.505. The molecule has 7 nitrogen and oxygen atoms in total. The minimum atomic E-state index is -3.54.